The van der Waals surface area contributed by atoms with E-state index >= 15 is 0 Å². The van der Waals surface area contributed by atoms with Gasteiger partial charge >= 0.3 is 0 Å². The van der Waals surface area contributed by atoms with Crippen LogP contribution in [0.4, 0.5) is 0 Å². The Bertz CT molecular complexity index is 771. The highest BCUT2D eigenvalue weighted by atomic mass is 15.1. The van der Waals surface area contributed by atoms with E-state index in [2.05, 4.69) is 11.1 Å². The van der Waals surface area contributed by atoms with Crippen LogP contribution in [0.25, 0.3) is 0 Å². The zero-order valence-corrected chi connectivity index (χ0v) is 12.7. The van der Waals surface area contributed by atoms with Crippen molar-refractivity contribution in [2.45, 2.75) is 19.4 Å². The molecule has 3 aromatic rings. The molecule has 3 heteroatoms. The summed E-state index contributed by atoms with van der Waals surface area (Å²) >= 11 is 0. The molecule has 0 spiro atoms. The number of nitriles is 1. The number of aryl methyl sites for hydroxylation is 1. The molecule has 0 bridgehead atoms. The summed E-state index contributed by atoms with van der Waals surface area (Å²) in [6.45, 7) is 3.96. The molecule has 0 saturated heterocycles. The van der Waals surface area contributed by atoms with Gasteiger partial charge < -0.3 is 4.57 Å². The Kier molecular flexibility index (Phi) is 3.52. The molecule has 0 aliphatic heterocycles. The summed E-state index contributed by atoms with van der Waals surface area (Å²) in [5.74, 6) is 0. The van der Waals surface area contributed by atoms with E-state index in [1.54, 1.807) is 6.33 Å². The van der Waals surface area contributed by atoms with Crippen LogP contribution in [0.15, 0.2) is 67.0 Å². The summed E-state index contributed by atoms with van der Waals surface area (Å²) in [5, 5.41) is 10.2. The van der Waals surface area contributed by atoms with Crippen molar-refractivity contribution in [1.29, 1.82) is 5.26 Å². The second kappa shape index (κ2) is 5.50. The first-order valence-corrected chi connectivity index (χ1v) is 7.23. The molecule has 0 unspecified atom stereocenters. The van der Waals surface area contributed by atoms with Crippen molar-refractivity contribution in [3.63, 3.8) is 0 Å². The number of benzene rings is 2. The minimum atomic E-state index is -0.909. The van der Waals surface area contributed by atoms with Gasteiger partial charge in [0.2, 0.25) is 0 Å². The van der Waals surface area contributed by atoms with Gasteiger partial charge in [0.1, 0.15) is 6.07 Å². The summed E-state index contributed by atoms with van der Waals surface area (Å²) in [4.78, 5) is 4.39. The lowest BCUT2D eigenvalue weighted by Gasteiger charge is -2.30. The molecule has 22 heavy (non-hydrogen) atoms. The molecule has 0 aliphatic rings. The number of nitrogens with zero attached hydrogens (tertiary/aromatic N) is 3. The lowest BCUT2D eigenvalue weighted by molar-refractivity contribution is 0.535. The molecule has 0 fully saturated rings. The fourth-order valence-corrected chi connectivity index (χ4v) is 2.82. The predicted molar refractivity (Wildman–Crippen MR) is 86.4 cm³/mol. The third kappa shape index (κ3) is 2.01. The summed E-state index contributed by atoms with van der Waals surface area (Å²) < 4.78 is 1.97. The van der Waals surface area contributed by atoms with Crippen molar-refractivity contribution in [1.82, 2.24) is 9.55 Å². The fraction of sp³-hybridized carbons (Fsp3) is 0.158. The van der Waals surface area contributed by atoms with E-state index in [1.165, 1.54) is 0 Å². The van der Waals surface area contributed by atoms with Crippen molar-refractivity contribution in [3.05, 3.63) is 89.5 Å². The number of rotatable bonds is 3. The van der Waals surface area contributed by atoms with Gasteiger partial charge in [-0.1, -0.05) is 60.7 Å². The molecule has 0 saturated carbocycles. The average Bonchev–Trinajstić information content (AvgIpc) is 2.91. The van der Waals surface area contributed by atoms with Crippen LogP contribution in [-0.4, -0.2) is 9.55 Å². The van der Waals surface area contributed by atoms with Gasteiger partial charge in [-0.2, -0.15) is 5.26 Å². The van der Waals surface area contributed by atoms with Crippen molar-refractivity contribution >= 4 is 0 Å². The second-order valence-electron chi connectivity index (χ2n) is 5.34. The van der Waals surface area contributed by atoms with Gasteiger partial charge in [0, 0.05) is 5.69 Å². The third-order valence-electron chi connectivity index (χ3n) is 4.16. The minimum absolute atomic E-state index is 0.909. The summed E-state index contributed by atoms with van der Waals surface area (Å²) in [7, 11) is 0. The monoisotopic (exact) mass is 287 g/mol. The molecular weight excluding hydrogens is 270 g/mol. The third-order valence-corrected chi connectivity index (χ3v) is 4.16. The van der Waals surface area contributed by atoms with Gasteiger partial charge in [-0.05, 0) is 25.0 Å². The van der Waals surface area contributed by atoms with Crippen LogP contribution in [0, 0.1) is 25.2 Å². The summed E-state index contributed by atoms with van der Waals surface area (Å²) in [6.07, 6.45) is 1.76. The Morgan fingerprint density at radius 3 is 1.77 bits per heavy atom. The van der Waals surface area contributed by atoms with E-state index in [-0.39, 0.29) is 0 Å². The van der Waals surface area contributed by atoms with Crippen molar-refractivity contribution < 1.29 is 0 Å². The summed E-state index contributed by atoms with van der Waals surface area (Å²) in [6, 6.07) is 22.3. The first-order valence-electron chi connectivity index (χ1n) is 7.23. The van der Waals surface area contributed by atoms with E-state index in [0.29, 0.717) is 0 Å². The molecule has 3 rings (SSSR count). The predicted octanol–water partition coefficient (Wildman–Crippen LogP) is 3.82. The van der Waals surface area contributed by atoms with Crippen LogP contribution in [0.2, 0.25) is 0 Å². The van der Waals surface area contributed by atoms with E-state index in [0.717, 1.165) is 22.5 Å². The lowest BCUT2D eigenvalue weighted by Crippen LogP contribution is -2.35. The first kappa shape index (κ1) is 14.1. The summed E-state index contributed by atoms with van der Waals surface area (Å²) in [5.41, 5.74) is 2.89. The zero-order valence-electron chi connectivity index (χ0n) is 12.7. The van der Waals surface area contributed by atoms with Crippen molar-refractivity contribution in [2.75, 3.05) is 0 Å². The van der Waals surface area contributed by atoms with E-state index in [4.69, 9.17) is 0 Å². The number of imidazole rings is 1. The molecule has 108 valence electrons. The molecular formula is C19H17N3. The fourth-order valence-electron chi connectivity index (χ4n) is 2.82. The molecule has 0 N–H and O–H groups in total. The van der Waals surface area contributed by atoms with Gasteiger partial charge in [0.15, 0.2) is 5.54 Å². The topological polar surface area (TPSA) is 41.6 Å². The minimum Gasteiger partial charge on any atom is -0.308 e. The number of hydrogen-bond acceptors (Lipinski definition) is 2. The highest BCUT2D eigenvalue weighted by molar-refractivity contribution is 5.47. The molecule has 0 aliphatic carbocycles. The molecule has 1 heterocycles. The number of hydrogen-bond donors (Lipinski definition) is 0. The molecule has 2 aromatic carbocycles. The van der Waals surface area contributed by atoms with Crippen LogP contribution in [0.1, 0.15) is 22.5 Å². The maximum Gasteiger partial charge on any atom is 0.183 e. The molecule has 3 nitrogen and oxygen atoms in total. The van der Waals surface area contributed by atoms with E-state index in [9.17, 15) is 5.26 Å². The standard InChI is InChI=1S/C19H17N3/c1-15-16(2)22(14-21-15)19(13-20,17-9-5-3-6-10-17)18-11-7-4-8-12-18/h3-12,14H,1-2H3. The van der Waals surface area contributed by atoms with E-state index in [1.807, 2.05) is 79.1 Å². The van der Waals surface area contributed by atoms with Crippen LogP contribution in [0.3, 0.4) is 0 Å². The first-order chi connectivity index (χ1) is 10.7. The van der Waals surface area contributed by atoms with Gasteiger partial charge in [-0.25, -0.2) is 4.98 Å². The Morgan fingerprint density at radius 2 is 1.41 bits per heavy atom. The highest BCUT2D eigenvalue weighted by Crippen LogP contribution is 2.35. The van der Waals surface area contributed by atoms with Crippen molar-refractivity contribution in [2.24, 2.45) is 0 Å². The maximum atomic E-state index is 10.2. The normalized spacial score (nSPS) is 11.1. The highest BCUT2D eigenvalue weighted by Gasteiger charge is 2.37. The lowest BCUT2D eigenvalue weighted by atomic mass is 9.83. The number of aromatic nitrogens is 2. The van der Waals surface area contributed by atoms with Crippen LogP contribution in [-0.2, 0) is 5.54 Å². The molecule has 0 radical (unpaired) electrons. The zero-order chi connectivity index (χ0) is 15.6. The molecule has 0 amide bonds. The van der Waals surface area contributed by atoms with Gasteiger partial charge in [-0.3, -0.25) is 0 Å². The molecule has 1 aromatic heterocycles. The van der Waals surface area contributed by atoms with Gasteiger partial charge in [0.25, 0.3) is 0 Å². The second-order valence-corrected chi connectivity index (χ2v) is 5.34. The van der Waals surface area contributed by atoms with Crippen LogP contribution in [0.5, 0.6) is 0 Å². The Hall–Kier alpha value is -2.86. The molecule has 0 atom stereocenters. The van der Waals surface area contributed by atoms with Crippen LogP contribution >= 0.6 is 0 Å². The maximum absolute atomic E-state index is 10.2. The van der Waals surface area contributed by atoms with Gasteiger partial charge in [0.05, 0.1) is 12.0 Å². The van der Waals surface area contributed by atoms with Crippen molar-refractivity contribution in [3.8, 4) is 6.07 Å². The van der Waals surface area contributed by atoms with Crippen LogP contribution < -0.4 is 0 Å². The SMILES string of the molecule is Cc1ncn(C(C#N)(c2ccccc2)c2ccccc2)c1C. The smallest absolute Gasteiger partial charge is 0.183 e. The van der Waals surface area contributed by atoms with Gasteiger partial charge in [-0.15, -0.1) is 0 Å². The quantitative estimate of drug-likeness (QED) is 0.735. The average molecular weight is 287 g/mol. The Balaban J connectivity index is 2.37. The van der Waals surface area contributed by atoms with E-state index < -0.39 is 5.54 Å². The largest absolute Gasteiger partial charge is 0.308 e. The Morgan fingerprint density at radius 1 is 0.909 bits per heavy atom. The Labute approximate surface area is 130 Å².